The maximum Gasteiger partial charge on any atom is 0.417 e. The minimum atomic E-state index is -4.02. The van der Waals surface area contributed by atoms with Crippen molar-refractivity contribution in [3.8, 4) is 5.75 Å². The largest absolute Gasteiger partial charge is 0.473 e. The lowest BCUT2D eigenvalue weighted by molar-refractivity contribution is -0.169. The second-order valence-corrected chi connectivity index (χ2v) is 10.6. The highest BCUT2D eigenvalue weighted by Crippen LogP contribution is 2.38. The van der Waals surface area contributed by atoms with Crippen LogP contribution in [0.4, 0.5) is 0 Å². The molecule has 1 N–H and O–H groups in total. The van der Waals surface area contributed by atoms with E-state index in [1.54, 1.807) is 30.3 Å². The van der Waals surface area contributed by atoms with Gasteiger partial charge in [0.1, 0.15) is 16.7 Å². The van der Waals surface area contributed by atoms with Gasteiger partial charge in [0.2, 0.25) is 0 Å². The molecule has 0 saturated carbocycles. The van der Waals surface area contributed by atoms with Crippen molar-refractivity contribution in [3.05, 3.63) is 60.3 Å². The Hall–Kier alpha value is -3.37. The molecule has 1 aliphatic rings. The number of benzene rings is 2. The Bertz CT molecular complexity index is 1350. The summed E-state index contributed by atoms with van der Waals surface area (Å²) in [5.74, 6) is -3.03. The third kappa shape index (κ3) is 5.18. The van der Waals surface area contributed by atoms with Crippen molar-refractivity contribution in [2.45, 2.75) is 43.2 Å². The van der Waals surface area contributed by atoms with Crippen LogP contribution in [0, 0.1) is 0 Å². The molecule has 0 radical (unpaired) electrons. The normalized spacial score (nSPS) is 19.1. The number of hydrogen-bond acceptors (Lipinski definition) is 7. The van der Waals surface area contributed by atoms with Crippen LogP contribution in [0.2, 0.25) is 0 Å². The highest BCUT2D eigenvalue weighted by Gasteiger charge is 2.35. The number of carboxylic acids is 1. The van der Waals surface area contributed by atoms with Gasteiger partial charge in [-0.15, -0.1) is 0 Å². The van der Waals surface area contributed by atoms with Gasteiger partial charge in [-0.2, -0.15) is 8.42 Å². The van der Waals surface area contributed by atoms with Crippen LogP contribution in [-0.2, 0) is 24.4 Å². The van der Waals surface area contributed by atoms with Gasteiger partial charge >= 0.3 is 22.1 Å². The molecule has 0 aliphatic carbocycles. The van der Waals surface area contributed by atoms with E-state index in [0.717, 1.165) is 23.0 Å². The van der Waals surface area contributed by atoms with E-state index in [1.807, 2.05) is 38.1 Å². The maximum absolute atomic E-state index is 12.8. The fraction of sp³-hybridized carbons (Fsp3) is 0.360. The predicted molar refractivity (Wildman–Crippen MR) is 129 cm³/mol. The van der Waals surface area contributed by atoms with Gasteiger partial charge in [-0.3, -0.25) is 0 Å². The van der Waals surface area contributed by atoms with Crippen molar-refractivity contribution in [3.63, 3.8) is 0 Å². The first-order valence-corrected chi connectivity index (χ1v) is 12.7. The van der Waals surface area contributed by atoms with Gasteiger partial charge in [0.15, 0.2) is 0 Å². The molecular weight excluding hydrogens is 472 g/mol. The standard InChI is InChI=1S/C25H28N2O7S/c1-16(2)27-14-21(19-11-12-26(3)15-23(19)33-25(30)24(28)29)20-13-17(9-10-22(20)27)34-35(31,32)18-7-5-4-6-8-18/h4-10,13-14,16,19,23H,11-12,15H2,1-3H3,(H,28,29). The first-order chi connectivity index (χ1) is 16.6. The van der Waals surface area contributed by atoms with Crippen molar-refractivity contribution in [1.29, 1.82) is 0 Å². The van der Waals surface area contributed by atoms with E-state index in [2.05, 4.69) is 4.57 Å². The average Bonchev–Trinajstić information content (AvgIpc) is 3.18. The monoisotopic (exact) mass is 500 g/mol. The van der Waals surface area contributed by atoms with Crippen molar-refractivity contribution in [1.82, 2.24) is 9.47 Å². The van der Waals surface area contributed by atoms with E-state index in [0.29, 0.717) is 13.0 Å². The molecule has 2 unspecified atom stereocenters. The van der Waals surface area contributed by atoms with Gasteiger partial charge in [0.25, 0.3) is 0 Å². The van der Waals surface area contributed by atoms with Crippen molar-refractivity contribution < 1.29 is 32.0 Å². The molecule has 35 heavy (non-hydrogen) atoms. The number of likely N-dealkylation sites (N-methyl/N-ethyl adjacent to an activating group) is 1. The lowest BCUT2D eigenvalue weighted by Crippen LogP contribution is -2.44. The summed E-state index contributed by atoms with van der Waals surface area (Å²) in [5, 5.41) is 9.83. The number of likely N-dealkylation sites (tertiary alicyclic amines) is 1. The van der Waals surface area contributed by atoms with Crippen LogP contribution < -0.4 is 4.18 Å². The zero-order valence-corrected chi connectivity index (χ0v) is 20.6. The molecule has 3 aromatic rings. The van der Waals surface area contributed by atoms with E-state index in [4.69, 9.17) is 14.0 Å². The SMILES string of the molecule is CC(C)n1cc(C2CCN(C)CC2OC(=O)C(=O)O)c2cc(OS(=O)(=O)c3ccccc3)ccc21. The number of carbonyl (C=O) groups is 2. The summed E-state index contributed by atoms with van der Waals surface area (Å²) in [6, 6.07) is 13.1. The van der Waals surface area contributed by atoms with Gasteiger partial charge in [-0.1, -0.05) is 18.2 Å². The molecule has 2 atom stereocenters. The minimum absolute atomic E-state index is 0.0519. The first-order valence-electron chi connectivity index (χ1n) is 11.3. The molecule has 2 aromatic carbocycles. The fourth-order valence-electron chi connectivity index (χ4n) is 4.53. The Morgan fingerprint density at radius 2 is 1.83 bits per heavy atom. The van der Waals surface area contributed by atoms with Gasteiger partial charge in [-0.05, 0) is 69.8 Å². The molecule has 4 rings (SSSR count). The van der Waals surface area contributed by atoms with Crippen LogP contribution in [-0.4, -0.2) is 61.2 Å². The molecular formula is C25H28N2O7S. The number of ether oxygens (including phenoxy) is 1. The van der Waals surface area contributed by atoms with Crippen LogP contribution in [0.1, 0.15) is 37.8 Å². The third-order valence-electron chi connectivity index (χ3n) is 6.22. The van der Waals surface area contributed by atoms with E-state index < -0.39 is 28.2 Å². The second kappa shape index (κ2) is 9.71. The number of carboxylic acid groups (broad SMARTS) is 1. The topological polar surface area (TPSA) is 115 Å². The Morgan fingerprint density at radius 1 is 1.11 bits per heavy atom. The highest BCUT2D eigenvalue weighted by atomic mass is 32.2. The summed E-state index contributed by atoms with van der Waals surface area (Å²) in [6.45, 7) is 5.18. The number of aromatic nitrogens is 1. The molecule has 2 heterocycles. The summed E-state index contributed by atoms with van der Waals surface area (Å²) in [4.78, 5) is 25.1. The van der Waals surface area contributed by atoms with E-state index >= 15 is 0 Å². The van der Waals surface area contributed by atoms with E-state index in [9.17, 15) is 18.0 Å². The summed E-state index contributed by atoms with van der Waals surface area (Å²) in [6.07, 6.45) is 1.95. The van der Waals surface area contributed by atoms with Crippen molar-refractivity contribution in [2.24, 2.45) is 0 Å². The third-order valence-corrected chi connectivity index (χ3v) is 7.49. The maximum atomic E-state index is 12.8. The molecule has 0 amide bonds. The van der Waals surface area contributed by atoms with E-state index in [-0.39, 0.29) is 22.6 Å². The lowest BCUT2D eigenvalue weighted by Gasteiger charge is -2.35. The van der Waals surface area contributed by atoms with Crippen LogP contribution in [0.3, 0.4) is 0 Å². The molecule has 1 aromatic heterocycles. The Labute approximate surface area is 204 Å². The van der Waals surface area contributed by atoms with Gasteiger partial charge < -0.3 is 23.5 Å². The van der Waals surface area contributed by atoms with Gasteiger partial charge in [0.05, 0.1) is 0 Å². The Morgan fingerprint density at radius 3 is 2.49 bits per heavy atom. The number of fused-ring (bicyclic) bond motifs is 1. The smallest absolute Gasteiger partial charge is 0.417 e. The molecule has 10 heteroatoms. The molecule has 0 bridgehead atoms. The molecule has 1 fully saturated rings. The number of esters is 1. The summed E-state index contributed by atoms with van der Waals surface area (Å²) >= 11 is 0. The second-order valence-electron chi connectivity index (χ2n) is 9.02. The first kappa shape index (κ1) is 24.7. The number of rotatable bonds is 6. The molecule has 0 spiro atoms. The summed E-state index contributed by atoms with van der Waals surface area (Å²) in [7, 11) is -2.14. The lowest BCUT2D eigenvalue weighted by atomic mass is 9.87. The number of nitrogens with zero attached hydrogens (tertiary/aromatic N) is 2. The average molecular weight is 501 g/mol. The molecule has 9 nitrogen and oxygen atoms in total. The summed E-state index contributed by atoms with van der Waals surface area (Å²) < 4.78 is 38.4. The zero-order chi connectivity index (χ0) is 25.3. The van der Waals surface area contributed by atoms with Crippen LogP contribution in [0.5, 0.6) is 5.75 Å². The Kier molecular flexibility index (Phi) is 6.86. The van der Waals surface area contributed by atoms with Gasteiger partial charge in [-0.25, -0.2) is 9.59 Å². The number of piperidine rings is 1. The Balaban J connectivity index is 1.76. The fourth-order valence-corrected chi connectivity index (χ4v) is 5.47. The van der Waals surface area contributed by atoms with Crippen LogP contribution in [0.25, 0.3) is 10.9 Å². The van der Waals surface area contributed by atoms with Crippen molar-refractivity contribution >= 4 is 33.0 Å². The van der Waals surface area contributed by atoms with Crippen molar-refractivity contribution in [2.75, 3.05) is 20.1 Å². The number of hydrogen-bond donors (Lipinski definition) is 1. The quantitative estimate of drug-likeness (QED) is 0.311. The van der Waals surface area contributed by atoms with E-state index in [1.165, 1.54) is 12.1 Å². The van der Waals surface area contributed by atoms with Crippen LogP contribution in [0.15, 0.2) is 59.6 Å². The number of carbonyl (C=O) groups excluding carboxylic acids is 1. The molecule has 1 saturated heterocycles. The van der Waals surface area contributed by atoms with Crippen LogP contribution >= 0.6 is 0 Å². The molecule has 1 aliphatic heterocycles. The predicted octanol–water partition coefficient (Wildman–Crippen LogP) is 3.41. The number of aliphatic carboxylic acids is 1. The molecule has 186 valence electrons. The highest BCUT2D eigenvalue weighted by molar-refractivity contribution is 7.87. The minimum Gasteiger partial charge on any atom is -0.473 e. The summed E-state index contributed by atoms with van der Waals surface area (Å²) in [5.41, 5.74) is 1.73. The van der Waals surface area contributed by atoms with Gasteiger partial charge in [0, 0.05) is 35.6 Å². The zero-order valence-electron chi connectivity index (χ0n) is 19.7.